The van der Waals surface area contributed by atoms with Gasteiger partial charge in [-0.3, -0.25) is 4.79 Å². The summed E-state index contributed by atoms with van der Waals surface area (Å²) in [7, 11) is 0. The number of unbranched alkanes of at least 4 members (excludes halogenated alkanes) is 17. The van der Waals surface area contributed by atoms with Crippen molar-refractivity contribution in [2.75, 3.05) is 19.6 Å². The van der Waals surface area contributed by atoms with Crippen LogP contribution < -0.4 is 0 Å². The Morgan fingerprint density at radius 1 is 0.489 bits per heavy atom. The summed E-state index contributed by atoms with van der Waals surface area (Å²) in [6.07, 6.45) is 51.4. The van der Waals surface area contributed by atoms with Crippen molar-refractivity contribution in [2.45, 2.75) is 207 Å². The average molecular weight is 656 g/mol. The maximum absolute atomic E-state index is 12.7. The molecule has 0 heterocycles. The normalized spacial score (nSPS) is 13.0. The molecular formula is C44H81NO2. The predicted octanol–water partition coefficient (Wildman–Crippen LogP) is 14.0. The number of carbonyl (C=O) groups excluding carboxylic acids is 1. The van der Waals surface area contributed by atoms with Crippen molar-refractivity contribution in [1.29, 1.82) is 0 Å². The van der Waals surface area contributed by atoms with Gasteiger partial charge in [0.2, 0.25) is 0 Å². The van der Waals surface area contributed by atoms with Crippen LogP contribution in [0.4, 0.5) is 0 Å². The zero-order chi connectivity index (χ0) is 34.3. The number of hydrogen-bond acceptors (Lipinski definition) is 3. The van der Waals surface area contributed by atoms with E-state index in [1.165, 1.54) is 135 Å². The summed E-state index contributed by atoms with van der Waals surface area (Å²) in [5, 5.41) is 0. The lowest BCUT2D eigenvalue weighted by Gasteiger charge is -2.20. The third kappa shape index (κ3) is 35.5. The van der Waals surface area contributed by atoms with Crippen molar-refractivity contribution < 1.29 is 9.53 Å². The van der Waals surface area contributed by atoms with Crippen molar-refractivity contribution >= 4 is 5.97 Å². The quantitative estimate of drug-likeness (QED) is 0.0382. The third-order valence-corrected chi connectivity index (χ3v) is 9.25. The molecule has 1 atom stereocenters. The van der Waals surface area contributed by atoms with E-state index in [1.54, 1.807) is 0 Å². The van der Waals surface area contributed by atoms with Crippen LogP contribution >= 0.6 is 0 Å². The highest BCUT2D eigenvalue weighted by Crippen LogP contribution is 2.18. The van der Waals surface area contributed by atoms with Crippen LogP contribution in [-0.4, -0.2) is 36.6 Å². The second-order valence-corrected chi connectivity index (χ2v) is 13.6. The van der Waals surface area contributed by atoms with E-state index in [0.717, 1.165) is 51.7 Å². The largest absolute Gasteiger partial charge is 0.462 e. The van der Waals surface area contributed by atoms with Gasteiger partial charge >= 0.3 is 5.97 Å². The first-order valence-corrected chi connectivity index (χ1v) is 20.7. The molecule has 0 rings (SSSR count). The first kappa shape index (κ1) is 45.4. The Labute approximate surface area is 295 Å². The number of rotatable bonds is 36. The fourth-order valence-electron chi connectivity index (χ4n) is 6.04. The Morgan fingerprint density at radius 3 is 1.28 bits per heavy atom. The summed E-state index contributed by atoms with van der Waals surface area (Å²) in [6.45, 7) is 12.0. The van der Waals surface area contributed by atoms with Crippen LogP contribution in [0.25, 0.3) is 0 Å². The maximum atomic E-state index is 12.7. The van der Waals surface area contributed by atoms with Gasteiger partial charge in [0.25, 0.3) is 0 Å². The molecule has 0 N–H and O–H groups in total. The number of allylic oxidation sites excluding steroid dienone is 8. The fraction of sp³-hybridized carbons (Fsp3) is 0.795. The van der Waals surface area contributed by atoms with Gasteiger partial charge in [-0.15, -0.1) is 0 Å². The second kappa shape index (κ2) is 38.8. The van der Waals surface area contributed by atoms with Crippen LogP contribution in [-0.2, 0) is 9.53 Å². The van der Waals surface area contributed by atoms with Gasteiger partial charge in [0.15, 0.2) is 0 Å². The van der Waals surface area contributed by atoms with Gasteiger partial charge in [0, 0.05) is 6.42 Å². The lowest BCUT2D eigenvalue weighted by molar-refractivity contribution is -0.150. The van der Waals surface area contributed by atoms with Gasteiger partial charge in [-0.05, 0) is 116 Å². The highest BCUT2D eigenvalue weighted by molar-refractivity contribution is 5.69. The molecule has 0 aromatic rings. The first-order chi connectivity index (χ1) is 23.2. The fourth-order valence-corrected chi connectivity index (χ4v) is 6.04. The zero-order valence-corrected chi connectivity index (χ0v) is 32.2. The van der Waals surface area contributed by atoms with Crippen LogP contribution in [0.2, 0.25) is 0 Å². The van der Waals surface area contributed by atoms with Crippen LogP contribution in [0.15, 0.2) is 48.6 Å². The Bertz CT molecular complexity index is 748. The Hall–Kier alpha value is -1.61. The van der Waals surface area contributed by atoms with Gasteiger partial charge in [0.1, 0.15) is 6.10 Å². The van der Waals surface area contributed by atoms with Crippen molar-refractivity contribution in [3.8, 4) is 0 Å². The molecule has 0 spiro atoms. The Kier molecular flexibility index (Phi) is 37.5. The Balaban J connectivity index is 4.15. The van der Waals surface area contributed by atoms with E-state index in [9.17, 15) is 4.79 Å². The topological polar surface area (TPSA) is 29.5 Å². The summed E-state index contributed by atoms with van der Waals surface area (Å²) in [5.74, 6) is 0.0183. The van der Waals surface area contributed by atoms with Gasteiger partial charge in [-0.25, -0.2) is 0 Å². The summed E-state index contributed by atoms with van der Waals surface area (Å²) in [6, 6.07) is 0. The molecule has 0 amide bonds. The van der Waals surface area contributed by atoms with Crippen LogP contribution in [0.3, 0.4) is 0 Å². The maximum Gasteiger partial charge on any atom is 0.306 e. The monoisotopic (exact) mass is 656 g/mol. The summed E-state index contributed by atoms with van der Waals surface area (Å²) >= 11 is 0. The molecule has 3 heteroatoms. The number of ether oxygens (including phenoxy) is 1. The molecule has 0 aromatic heterocycles. The number of nitrogens with zero attached hydrogens (tertiary/aromatic N) is 1. The minimum atomic E-state index is 0.0183. The van der Waals surface area contributed by atoms with Crippen molar-refractivity contribution in [2.24, 2.45) is 0 Å². The molecule has 47 heavy (non-hydrogen) atoms. The number of carbonyl (C=O) groups is 1. The molecule has 0 aromatic carbocycles. The van der Waals surface area contributed by atoms with Crippen molar-refractivity contribution in [3.63, 3.8) is 0 Å². The summed E-state index contributed by atoms with van der Waals surface area (Å²) in [5.41, 5.74) is 0. The van der Waals surface area contributed by atoms with Crippen molar-refractivity contribution in [1.82, 2.24) is 4.90 Å². The van der Waals surface area contributed by atoms with E-state index in [2.05, 4.69) is 81.2 Å². The summed E-state index contributed by atoms with van der Waals surface area (Å²) in [4.78, 5) is 15.1. The molecule has 1 unspecified atom stereocenters. The van der Waals surface area contributed by atoms with Crippen LogP contribution in [0.5, 0.6) is 0 Å². The molecule has 0 saturated heterocycles. The molecule has 0 aliphatic heterocycles. The standard InChI is InChI=1S/C44H81NO2/c1-5-9-11-13-15-17-19-21-23-25-27-29-31-33-35-37-40-43(47-44(46)41-38-42-45(7-3)8-4)39-36-34-32-30-28-26-24-22-20-18-16-14-12-10-6-2/h15-18,21-24,43H,5-14,19-20,25-42H2,1-4H3/b17-15-,18-16-,23-21-,24-22-. The molecule has 3 nitrogen and oxygen atoms in total. The van der Waals surface area contributed by atoms with Crippen LogP contribution in [0.1, 0.15) is 201 Å². The Morgan fingerprint density at radius 2 is 0.872 bits per heavy atom. The van der Waals surface area contributed by atoms with E-state index in [4.69, 9.17) is 4.74 Å². The zero-order valence-electron chi connectivity index (χ0n) is 32.2. The van der Waals surface area contributed by atoms with Gasteiger partial charge in [-0.2, -0.15) is 0 Å². The number of esters is 1. The first-order valence-electron chi connectivity index (χ1n) is 20.7. The van der Waals surface area contributed by atoms with Crippen LogP contribution in [0, 0.1) is 0 Å². The average Bonchev–Trinajstić information content (AvgIpc) is 3.08. The van der Waals surface area contributed by atoms with E-state index >= 15 is 0 Å². The molecule has 0 fully saturated rings. The highest BCUT2D eigenvalue weighted by Gasteiger charge is 2.14. The molecule has 0 radical (unpaired) electrons. The smallest absolute Gasteiger partial charge is 0.306 e. The predicted molar refractivity (Wildman–Crippen MR) is 210 cm³/mol. The minimum Gasteiger partial charge on any atom is -0.462 e. The van der Waals surface area contributed by atoms with Gasteiger partial charge < -0.3 is 9.64 Å². The number of hydrogen-bond donors (Lipinski definition) is 0. The van der Waals surface area contributed by atoms with E-state index in [0.29, 0.717) is 6.42 Å². The second-order valence-electron chi connectivity index (χ2n) is 13.6. The molecular weight excluding hydrogens is 574 g/mol. The lowest BCUT2D eigenvalue weighted by atomic mass is 10.0. The highest BCUT2D eigenvalue weighted by atomic mass is 16.5. The van der Waals surface area contributed by atoms with E-state index in [-0.39, 0.29) is 12.1 Å². The summed E-state index contributed by atoms with van der Waals surface area (Å²) < 4.78 is 6.06. The third-order valence-electron chi connectivity index (χ3n) is 9.25. The molecule has 0 saturated carbocycles. The SMILES string of the molecule is CCCCC/C=C\C/C=C\CCCCCCCCC(CCCCCCC/C=C\C/C=C\CCCCC)OC(=O)CCCN(CC)CC. The van der Waals surface area contributed by atoms with Gasteiger partial charge in [-0.1, -0.05) is 147 Å². The van der Waals surface area contributed by atoms with E-state index < -0.39 is 0 Å². The molecule has 0 aliphatic carbocycles. The van der Waals surface area contributed by atoms with E-state index in [1.807, 2.05) is 0 Å². The minimum absolute atomic E-state index is 0.0183. The molecule has 274 valence electrons. The van der Waals surface area contributed by atoms with Crippen molar-refractivity contribution in [3.05, 3.63) is 48.6 Å². The lowest BCUT2D eigenvalue weighted by Crippen LogP contribution is -2.25. The molecule has 0 aliphatic rings. The van der Waals surface area contributed by atoms with Gasteiger partial charge in [0.05, 0.1) is 0 Å². The molecule has 0 bridgehead atoms.